The van der Waals surface area contributed by atoms with Gasteiger partial charge in [0.15, 0.2) is 5.11 Å². The fourth-order valence-corrected chi connectivity index (χ4v) is 5.33. The van der Waals surface area contributed by atoms with Crippen molar-refractivity contribution in [2.45, 2.75) is 43.5 Å². The van der Waals surface area contributed by atoms with Crippen LogP contribution in [0.1, 0.15) is 33.1 Å². The summed E-state index contributed by atoms with van der Waals surface area (Å²) in [5, 5.41) is 6.99. The number of rotatable bonds is 6. The molecule has 1 aromatic carbocycles. The first-order chi connectivity index (χ1) is 13.8. The van der Waals surface area contributed by atoms with E-state index in [0.717, 1.165) is 25.3 Å². The number of thiocarbonyl (C=S) groups is 1. The van der Waals surface area contributed by atoms with E-state index in [1.54, 1.807) is 24.3 Å². The van der Waals surface area contributed by atoms with E-state index in [-0.39, 0.29) is 10.4 Å². The van der Waals surface area contributed by atoms with Gasteiger partial charge in [0.1, 0.15) is 0 Å². The van der Waals surface area contributed by atoms with Gasteiger partial charge in [-0.1, -0.05) is 6.42 Å². The van der Waals surface area contributed by atoms with Crippen LogP contribution in [0.25, 0.3) is 0 Å². The highest BCUT2D eigenvalue weighted by Gasteiger charge is 2.28. The van der Waals surface area contributed by atoms with E-state index in [9.17, 15) is 8.42 Å². The Morgan fingerprint density at radius 1 is 1.07 bits per heavy atom. The third-order valence-electron chi connectivity index (χ3n) is 5.61. The monoisotopic (exact) mass is 440 g/mol. The molecule has 1 aromatic rings. The van der Waals surface area contributed by atoms with Crippen LogP contribution in [0.5, 0.6) is 0 Å². The summed E-state index contributed by atoms with van der Waals surface area (Å²) in [4.78, 5) is 2.80. The Morgan fingerprint density at radius 2 is 1.69 bits per heavy atom. The fraction of sp³-hybridized carbons (Fsp3) is 0.650. The summed E-state index contributed by atoms with van der Waals surface area (Å²) in [6.07, 6.45) is 3.83. The van der Waals surface area contributed by atoms with Crippen molar-refractivity contribution in [2.75, 3.05) is 51.3 Å². The van der Waals surface area contributed by atoms with Gasteiger partial charge in [-0.3, -0.25) is 4.90 Å². The molecule has 0 atom stereocenters. The molecule has 2 aliphatic rings. The van der Waals surface area contributed by atoms with Gasteiger partial charge in [0.2, 0.25) is 10.0 Å². The third-order valence-corrected chi connectivity index (χ3v) is 7.77. The molecule has 0 aliphatic carbocycles. The molecule has 2 fully saturated rings. The van der Waals surface area contributed by atoms with E-state index in [1.165, 1.54) is 23.6 Å². The molecule has 9 heteroatoms. The van der Waals surface area contributed by atoms with E-state index in [2.05, 4.69) is 29.4 Å². The van der Waals surface area contributed by atoms with Crippen molar-refractivity contribution in [3.63, 3.8) is 0 Å². The molecule has 29 heavy (non-hydrogen) atoms. The zero-order valence-corrected chi connectivity index (χ0v) is 18.9. The number of hydrogen-bond donors (Lipinski definition) is 2. The Labute approximate surface area is 179 Å². The van der Waals surface area contributed by atoms with Crippen molar-refractivity contribution in [1.29, 1.82) is 0 Å². The van der Waals surface area contributed by atoms with Crippen LogP contribution < -0.4 is 10.6 Å². The van der Waals surface area contributed by atoms with Gasteiger partial charge in [0.05, 0.1) is 18.1 Å². The highest BCUT2D eigenvalue weighted by Crippen LogP contribution is 2.21. The number of hydrogen-bond acceptors (Lipinski definition) is 5. The summed E-state index contributed by atoms with van der Waals surface area (Å²) in [6.45, 7) is 9.15. The number of nitrogens with zero attached hydrogens (tertiary/aromatic N) is 2. The summed E-state index contributed by atoms with van der Waals surface area (Å²) >= 11 is 5.43. The summed E-state index contributed by atoms with van der Waals surface area (Å²) in [6, 6.07) is 6.73. The van der Waals surface area contributed by atoms with Gasteiger partial charge in [0.25, 0.3) is 0 Å². The van der Waals surface area contributed by atoms with Crippen molar-refractivity contribution in [1.82, 2.24) is 14.5 Å². The lowest BCUT2D eigenvalue weighted by Gasteiger charge is -2.41. The second-order valence-corrected chi connectivity index (χ2v) is 10.6. The van der Waals surface area contributed by atoms with Crippen LogP contribution in [0.2, 0.25) is 0 Å². The van der Waals surface area contributed by atoms with Gasteiger partial charge in [-0.05, 0) is 76.3 Å². The van der Waals surface area contributed by atoms with Crippen LogP contribution in [-0.2, 0) is 14.8 Å². The second kappa shape index (κ2) is 9.70. The van der Waals surface area contributed by atoms with Crippen molar-refractivity contribution in [3.05, 3.63) is 24.3 Å². The molecule has 2 saturated heterocycles. The van der Waals surface area contributed by atoms with E-state index in [1.807, 2.05) is 0 Å². The zero-order chi connectivity index (χ0) is 20.9. The molecule has 0 unspecified atom stereocenters. The molecular formula is C20H32N4O3S2. The van der Waals surface area contributed by atoms with Gasteiger partial charge in [0, 0.05) is 30.9 Å². The van der Waals surface area contributed by atoms with Crippen molar-refractivity contribution < 1.29 is 13.2 Å². The number of likely N-dealkylation sites (tertiary alicyclic amines) is 1. The molecule has 0 aromatic heterocycles. The molecule has 0 saturated carbocycles. The standard InChI is InChI=1S/C20H32N4O3S2/c1-20(2,23-10-4-3-5-11-23)16-21-19(28)22-17-6-8-18(9-7-17)29(25,26)24-12-14-27-15-13-24/h6-9H,3-5,10-16H2,1-2H3,(H2,21,22,28). The molecule has 7 nitrogen and oxygen atoms in total. The molecule has 3 rings (SSSR count). The molecule has 2 aliphatic heterocycles. The molecule has 0 bridgehead atoms. The largest absolute Gasteiger partial charge is 0.379 e. The minimum atomic E-state index is -3.48. The summed E-state index contributed by atoms with van der Waals surface area (Å²) < 4.78 is 32.1. The molecule has 2 N–H and O–H groups in total. The lowest BCUT2D eigenvalue weighted by molar-refractivity contribution is 0.0730. The first kappa shape index (κ1) is 22.4. The highest BCUT2D eigenvalue weighted by molar-refractivity contribution is 7.89. The van der Waals surface area contributed by atoms with Crippen LogP contribution in [0.15, 0.2) is 29.2 Å². The predicted octanol–water partition coefficient (Wildman–Crippen LogP) is 2.26. The van der Waals surface area contributed by atoms with E-state index in [4.69, 9.17) is 17.0 Å². The number of benzene rings is 1. The first-order valence-electron chi connectivity index (χ1n) is 10.3. The minimum absolute atomic E-state index is 0.0300. The molecule has 0 radical (unpaired) electrons. The SMILES string of the molecule is CC(C)(CNC(=S)Nc1ccc(S(=O)(=O)N2CCOCC2)cc1)N1CCCCC1. The summed E-state index contributed by atoms with van der Waals surface area (Å²) in [7, 11) is -3.48. The van der Waals surface area contributed by atoms with Gasteiger partial charge < -0.3 is 15.4 Å². The van der Waals surface area contributed by atoms with Crippen LogP contribution in [0.4, 0.5) is 5.69 Å². The van der Waals surface area contributed by atoms with E-state index >= 15 is 0 Å². The van der Waals surface area contributed by atoms with Gasteiger partial charge in [-0.15, -0.1) is 0 Å². The lowest BCUT2D eigenvalue weighted by Crippen LogP contribution is -2.53. The normalized spacial score (nSPS) is 19.7. The van der Waals surface area contributed by atoms with Gasteiger partial charge in [-0.2, -0.15) is 4.31 Å². The van der Waals surface area contributed by atoms with E-state index < -0.39 is 10.0 Å². The van der Waals surface area contributed by atoms with Crippen molar-refractivity contribution in [3.8, 4) is 0 Å². The molecule has 0 amide bonds. The van der Waals surface area contributed by atoms with Crippen LogP contribution in [0, 0.1) is 0 Å². The average molecular weight is 441 g/mol. The Balaban J connectivity index is 1.53. The molecule has 162 valence electrons. The lowest BCUT2D eigenvalue weighted by atomic mass is 9.98. The second-order valence-electron chi connectivity index (χ2n) is 8.21. The van der Waals surface area contributed by atoms with Crippen LogP contribution in [-0.4, -0.2) is 74.2 Å². The zero-order valence-electron chi connectivity index (χ0n) is 17.3. The Morgan fingerprint density at radius 3 is 2.31 bits per heavy atom. The number of sulfonamides is 1. The maximum atomic E-state index is 12.7. The van der Waals surface area contributed by atoms with Gasteiger partial charge in [-0.25, -0.2) is 8.42 Å². The molecular weight excluding hydrogens is 408 g/mol. The number of ether oxygens (including phenoxy) is 1. The van der Waals surface area contributed by atoms with Crippen molar-refractivity contribution >= 4 is 33.0 Å². The quantitative estimate of drug-likeness (QED) is 0.657. The number of nitrogens with one attached hydrogen (secondary N) is 2. The molecule has 2 heterocycles. The van der Waals surface area contributed by atoms with Crippen LogP contribution in [0.3, 0.4) is 0 Å². The summed E-state index contributed by atoms with van der Waals surface area (Å²) in [5.41, 5.74) is 0.793. The van der Waals surface area contributed by atoms with Crippen LogP contribution >= 0.6 is 12.2 Å². The maximum Gasteiger partial charge on any atom is 0.243 e. The topological polar surface area (TPSA) is 73.9 Å². The Hall–Kier alpha value is -1.26. The Bertz CT molecular complexity index is 784. The van der Waals surface area contributed by atoms with E-state index in [0.29, 0.717) is 31.4 Å². The highest BCUT2D eigenvalue weighted by atomic mass is 32.2. The predicted molar refractivity (Wildman–Crippen MR) is 120 cm³/mol. The fourth-order valence-electron chi connectivity index (χ4n) is 3.73. The third kappa shape index (κ3) is 5.88. The maximum absolute atomic E-state index is 12.7. The first-order valence-corrected chi connectivity index (χ1v) is 12.1. The van der Waals surface area contributed by atoms with Gasteiger partial charge >= 0.3 is 0 Å². The molecule has 0 spiro atoms. The van der Waals surface area contributed by atoms with Crippen molar-refractivity contribution in [2.24, 2.45) is 0 Å². The number of morpholine rings is 1. The number of anilines is 1. The smallest absolute Gasteiger partial charge is 0.243 e. The minimum Gasteiger partial charge on any atom is -0.379 e. The summed E-state index contributed by atoms with van der Waals surface area (Å²) in [5.74, 6) is 0. The average Bonchev–Trinajstić information content (AvgIpc) is 2.74. The Kier molecular flexibility index (Phi) is 7.50. The number of piperidine rings is 1.